The van der Waals surface area contributed by atoms with Crippen LogP contribution < -0.4 is 0 Å². The molecule has 0 spiro atoms. The van der Waals surface area contributed by atoms with Crippen molar-refractivity contribution in [3.63, 3.8) is 0 Å². The van der Waals surface area contributed by atoms with Gasteiger partial charge in [-0.2, -0.15) is 5.26 Å². The minimum Gasteiger partial charge on any atom is -0.353 e. The Hall–Kier alpha value is -1.15. The second-order valence-electron chi connectivity index (χ2n) is 4.81. The first-order chi connectivity index (χ1) is 9.70. The lowest BCUT2D eigenvalue weighted by Crippen LogP contribution is -2.23. The molecule has 0 aromatic heterocycles. The Labute approximate surface area is 123 Å². The number of ether oxygens (including phenoxy) is 2. The van der Waals surface area contributed by atoms with Crippen molar-refractivity contribution in [1.29, 1.82) is 5.26 Å². The summed E-state index contributed by atoms with van der Waals surface area (Å²) >= 11 is 5.73. The fraction of sp³-hybridized carbons (Fsp3) is 0.533. The highest BCUT2D eigenvalue weighted by molar-refractivity contribution is 6.30. The molecule has 0 bridgehead atoms. The molecule has 1 aromatic rings. The average Bonchev–Trinajstić information content (AvgIpc) is 2.48. The van der Waals surface area contributed by atoms with Gasteiger partial charge in [-0.05, 0) is 43.4 Å². The normalized spacial score (nSPS) is 20.4. The van der Waals surface area contributed by atoms with Crippen LogP contribution in [0, 0.1) is 17.1 Å². The van der Waals surface area contributed by atoms with Crippen LogP contribution in [0.2, 0.25) is 5.02 Å². The SMILES string of the molecule is N#CC(CCOC1CCCCO1)c1ccc(F)c(Cl)c1. The fourth-order valence-corrected chi connectivity index (χ4v) is 2.38. The van der Waals surface area contributed by atoms with E-state index in [-0.39, 0.29) is 17.2 Å². The van der Waals surface area contributed by atoms with Crippen LogP contribution in [0.3, 0.4) is 0 Å². The van der Waals surface area contributed by atoms with Crippen LogP contribution in [0.4, 0.5) is 4.39 Å². The zero-order valence-electron chi connectivity index (χ0n) is 11.1. The van der Waals surface area contributed by atoms with E-state index >= 15 is 0 Å². The zero-order valence-corrected chi connectivity index (χ0v) is 11.9. The molecule has 0 radical (unpaired) electrons. The molecule has 1 aromatic carbocycles. The van der Waals surface area contributed by atoms with E-state index in [9.17, 15) is 9.65 Å². The van der Waals surface area contributed by atoms with E-state index in [1.54, 1.807) is 6.07 Å². The number of rotatable bonds is 5. The van der Waals surface area contributed by atoms with Crippen LogP contribution in [0.5, 0.6) is 0 Å². The van der Waals surface area contributed by atoms with Gasteiger partial charge in [0.15, 0.2) is 6.29 Å². The van der Waals surface area contributed by atoms with Crippen LogP contribution in [0.1, 0.15) is 37.2 Å². The maximum atomic E-state index is 13.1. The summed E-state index contributed by atoms with van der Waals surface area (Å²) < 4.78 is 24.2. The summed E-state index contributed by atoms with van der Waals surface area (Å²) in [7, 11) is 0. The first-order valence-corrected chi connectivity index (χ1v) is 7.16. The van der Waals surface area contributed by atoms with Crippen LogP contribution in [-0.4, -0.2) is 19.5 Å². The summed E-state index contributed by atoms with van der Waals surface area (Å²) in [6.45, 7) is 1.18. The van der Waals surface area contributed by atoms with Crippen molar-refractivity contribution < 1.29 is 13.9 Å². The second-order valence-corrected chi connectivity index (χ2v) is 5.22. The van der Waals surface area contributed by atoms with Gasteiger partial charge in [0, 0.05) is 6.61 Å². The molecule has 3 nitrogen and oxygen atoms in total. The Kier molecular flexibility index (Phi) is 5.78. The molecule has 1 aliphatic rings. The quantitative estimate of drug-likeness (QED) is 0.824. The lowest BCUT2D eigenvalue weighted by Gasteiger charge is -2.23. The zero-order chi connectivity index (χ0) is 14.4. The topological polar surface area (TPSA) is 42.2 Å². The van der Waals surface area contributed by atoms with Crippen molar-refractivity contribution in [2.75, 3.05) is 13.2 Å². The summed E-state index contributed by atoms with van der Waals surface area (Å²) in [5.74, 6) is -0.823. The Morgan fingerprint density at radius 2 is 2.35 bits per heavy atom. The van der Waals surface area contributed by atoms with Crippen molar-refractivity contribution in [2.24, 2.45) is 0 Å². The minimum absolute atomic E-state index is 0.0410. The third kappa shape index (κ3) is 4.17. The van der Waals surface area contributed by atoms with E-state index < -0.39 is 5.82 Å². The minimum atomic E-state index is -0.473. The highest BCUT2D eigenvalue weighted by atomic mass is 35.5. The molecule has 108 valence electrons. The van der Waals surface area contributed by atoms with E-state index in [0.29, 0.717) is 18.6 Å². The average molecular weight is 298 g/mol. The van der Waals surface area contributed by atoms with Gasteiger partial charge in [0.1, 0.15) is 5.82 Å². The maximum Gasteiger partial charge on any atom is 0.157 e. The standard InChI is InChI=1S/C15H17ClFNO2/c16-13-9-11(4-5-14(13)17)12(10-18)6-8-20-15-3-1-2-7-19-15/h4-5,9,12,15H,1-3,6-8H2. The van der Waals surface area contributed by atoms with Gasteiger partial charge < -0.3 is 9.47 Å². The molecule has 2 atom stereocenters. The number of hydrogen-bond acceptors (Lipinski definition) is 3. The number of nitriles is 1. The number of nitrogens with zero attached hydrogens (tertiary/aromatic N) is 1. The van der Waals surface area contributed by atoms with Crippen molar-refractivity contribution in [2.45, 2.75) is 37.9 Å². The van der Waals surface area contributed by atoms with Crippen molar-refractivity contribution in [3.8, 4) is 6.07 Å². The smallest absolute Gasteiger partial charge is 0.157 e. The number of halogens is 2. The summed E-state index contributed by atoms with van der Waals surface area (Å²) in [6, 6.07) is 6.58. The van der Waals surface area contributed by atoms with Gasteiger partial charge in [0.2, 0.25) is 0 Å². The predicted molar refractivity (Wildman–Crippen MR) is 73.9 cm³/mol. The third-order valence-corrected chi connectivity index (χ3v) is 3.64. The summed E-state index contributed by atoms with van der Waals surface area (Å²) in [4.78, 5) is 0. The highest BCUT2D eigenvalue weighted by Crippen LogP contribution is 2.25. The van der Waals surface area contributed by atoms with Crippen LogP contribution in [0.15, 0.2) is 18.2 Å². The third-order valence-electron chi connectivity index (χ3n) is 3.35. The van der Waals surface area contributed by atoms with Gasteiger partial charge >= 0.3 is 0 Å². The van der Waals surface area contributed by atoms with Gasteiger partial charge in [0.25, 0.3) is 0 Å². The van der Waals surface area contributed by atoms with Gasteiger partial charge in [-0.3, -0.25) is 0 Å². The van der Waals surface area contributed by atoms with Gasteiger partial charge in [0.05, 0.1) is 23.6 Å². The summed E-state index contributed by atoms with van der Waals surface area (Å²) in [5.41, 5.74) is 0.715. The molecular weight excluding hydrogens is 281 g/mol. The van der Waals surface area contributed by atoms with Gasteiger partial charge in [-0.1, -0.05) is 17.7 Å². The Morgan fingerprint density at radius 1 is 1.50 bits per heavy atom. The van der Waals surface area contributed by atoms with Crippen molar-refractivity contribution in [1.82, 2.24) is 0 Å². The second kappa shape index (κ2) is 7.58. The Morgan fingerprint density at radius 3 is 3.00 bits per heavy atom. The molecule has 0 saturated carbocycles. The molecule has 20 heavy (non-hydrogen) atoms. The predicted octanol–water partition coefficient (Wildman–Crippen LogP) is 4.02. The van der Waals surface area contributed by atoms with Gasteiger partial charge in [-0.25, -0.2) is 4.39 Å². The molecule has 0 aliphatic carbocycles. The molecular formula is C15H17ClFNO2. The van der Waals surface area contributed by atoms with Crippen LogP contribution >= 0.6 is 11.6 Å². The first kappa shape index (κ1) is 15.2. The molecule has 1 saturated heterocycles. The van der Waals surface area contributed by atoms with Crippen LogP contribution in [0.25, 0.3) is 0 Å². The largest absolute Gasteiger partial charge is 0.353 e. The van der Waals surface area contributed by atoms with Crippen molar-refractivity contribution >= 4 is 11.6 Å². The Bertz CT molecular complexity index is 483. The van der Waals surface area contributed by atoms with E-state index in [1.807, 2.05) is 0 Å². The number of hydrogen-bond donors (Lipinski definition) is 0. The maximum absolute atomic E-state index is 13.1. The van der Waals surface area contributed by atoms with E-state index in [4.69, 9.17) is 21.1 Å². The summed E-state index contributed by atoms with van der Waals surface area (Å²) in [5, 5.41) is 9.24. The number of benzene rings is 1. The van der Waals surface area contributed by atoms with E-state index in [1.165, 1.54) is 12.1 Å². The summed E-state index contributed by atoms with van der Waals surface area (Å²) in [6.07, 6.45) is 3.48. The Balaban J connectivity index is 1.85. The molecule has 1 aliphatic heterocycles. The lowest BCUT2D eigenvalue weighted by molar-refractivity contribution is -0.162. The molecule has 0 amide bonds. The first-order valence-electron chi connectivity index (χ1n) is 6.78. The van der Waals surface area contributed by atoms with Crippen LogP contribution in [-0.2, 0) is 9.47 Å². The highest BCUT2D eigenvalue weighted by Gasteiger charge is 2.16. The van der Waals surface area contributed by atoms with E-state index in [0.717, 1.165) is 25.9 Å². The van der Waals surface area contributed by atoms with Gasteiger partial charge in [-0.15, -0.1) is 0 Å². The lowest BCUT2D eigenvalue weighted by atomic mass is 9.97. The monoisotopic (exact) mass is 297 g/mol. The molecule has 1 fully saturated rings. The molecule has 5 heteroatoms. The van der Waals surface area contributed by atoms with E-state index in [2.05, 4.69) is 6.07 Å². The molecule has 2 rings (SSSR count). The fourth-order valence-electron chi connectivity index (χ4n) is 2.19. The molecule has 1 heterocycles. The van der Waals surface area contributed by atoms with Crippen molar-refractivity contribution in [3.05, 3.63) is 34.6 Å². The molecule has 0 N–H and O–H groups in total. The molecule has 2 unspecified atom stereocenters.